The van der Waals surface area contributed by atoms with Crippen LogP contribution in [0.4, 0.5) is 5.95 Å². The van der Waals surface area contributed by atoms with E-state index in [0.717, 1.165) is 35.4 Å². The molecule has 1 saturated heterocycles. The van der Waals surface area contributed by atoms with Crippen LogP contribution in [-0.2, 0) is 7.05 Å². The molecule has 1 aliphatic heterocycles. The maximum atomic E-state index is 13.2. The van der Waals surface area contributed by atoms with Crippen LogP contribution >= 0.6 is 0 Å². The molecule has 1 unspecified atom stereocenters. The number of likely N-dealkylation sites (tertiary alicyclic amines) is 1. The van der Waals surface area contributed by atoms with Crippen LogP contribution in [0.2, 0.25) is 0 Å². The normalized spacial score (nSPS) is 15.9. The summed E-state index contributed by atoms with van der Waals surface area (Å²) < 4.78 is 6.85. The van der Waals surface area contributed by atoms with Crippen LogP contribution in [0.3, 0.4) is 0 Å². The van der Waals surface area contributed by atoms with Crippen molar-refractivity contribution in [1.82, 2.24) is 19.4 Å². The van der Waals surface area contributed by atoms with Crippen molar-refractivity contribution in [2.45, 2.75) is 18.8 Å². The summed E-state index contributed by atoms with van der Waals surface area (Å²) in [7, 11) is 7.14. The first-order valence-electron chi connectivity index (χ1n) is 11.0. The van der Waals surface area contributed by atoms with Gasteiger partial charge in [0.05, 0.1) is 18.4 Å². The Morgan fingerprint density at radius 3 is 2.76 bits per heavy atom. The van der Waals surface area contributed by atoms with Crippen LogP contribution < -0.4 is 15.2 Å². The highest BCUT2D eigenvalue weighted by Crippen LogP contribution is 2.35. The molecule has 0 spiro atoms. The van der Waals surface area contributed by atoms with Gasteiger partial charge in [-0.3, -0.25) is 9.59 Å². The van der Waals surface area contributed by atoms with E-state index in [1.165, 1.54) is 10.6 Å². The van der Waals surface area contributed by atoms with Crippen molar-refractivity contribution in [3.8, 4) is 16.9 Å². The van der Waals surface area contributed by atoms with Gasteiger partial charge in [-0.05, 0) is 36.6 Å². The molecule has 0 bridgehead atoms. The third-order valence-corrected chi connectivity index (χ3v) is 6.01. The van der Waals surface area contributed by atoms with Crippen molar-refractivity contribution in [2.75, 3.05) is 39.2 Å². The second-order valence-electron chi connectivity index (χ2n) is 8.55. The van der Waals surface area contributed by atoms with Gasteiger partial charge in [0.2, 0.25) is 11.5 Å². The highest BCUT2D eigenvalue weighted by Gasteiger charge is 2.29. The number of amides is 1. The first kappa shape index (κ1) is 22.5. The van der Waals surface area contributed by atoms with Crippen molar-refractivity contribution >= 4 is 11.9 Å². The predicted octanol–water partition coefficient (Wildman–Crippen LogP) is 2.94. The number of ether oxygens (including phenoxy) is 1. The Kier molecular flexibility index (Phi) is 6.44. The molecule has 1 atom stereocenters. The molecule has 0 saturated carbocycles. The maximum absolute atomic E-state index is 13.2. The molecule has 8 heteroatoms. The topological polar surface area (TPSA) is 80.6 Å². The molecule has 3 aromatic rings. The van der Waals surface area contributed by atoms with Gasteiger partial charge in [-0.15, -0.1) is 0 Å². The number of carbonyl (C=O) groups excluding carboxylic acids is 1. The van der Waals surface area contributed by atoms with E-state index in [-0.39, 0.29) is 17.4 Å². The summed E-state index contributed by atoms with van der Waals surface area (Å²) in [6.07, 6.45) is 5.27. The Balaban J connectivity index is 1.69. The minimum absolute atomic E-state index is 0.0677. The number of hydrogen-bond donors (Lipinski definition) is 0. The lowest BCUT2D eigenvalue weighted by atomic mass is 9.89. The molecule has 1 amide bonds. The number of pyridine rings is 1. The molecule has 1 aromatic carbocycles. The van der Waals surface area contributed by atoms with Crippen LogP contribution in [0, 0.1) is 0 Å². The summed E-state index contributed by atoms with van der Waals surface area (Å²) in [5.41, 5.74) is 3.24. The molecule has 172 valence electrons. The second-order valence-corrected chi connectivity index (χ2v) is 8.55. The lowest BCUT2D eigenvalue weighted by Gasteiger charge is -2.33. The lowest BCUT2D eigenvalue weighted by molar-refractivity contribution is 0.0705. The van der Waals surface area contributed by atoms with Gasteiger partial charge in [-0.25, -0.2) is 9.97 Å². The number of methoxy groups -OCH3 is 1. The fourth-order valence-electron chi connectivity index (χ4n) is 4.21. The van der Waals surface area contributed by atoms with Crippen molar-refractivity contribution in [3.05, 3.63) is 70.4 Å². The van der Waals surface area contributed by atoms with E-state index >= 15 is 0 Å². The largest absolute Gasteiger partial charge is 0.497 e. The van der Waals surface area contributed by atoms with Gasteiger partial charge in [-0.1, -0.05) is 12.1 Å². The van der Waals surface area contributed by atoms with Gasteiger partial charge in [-0.2, -0.15) is 0 Å². The summed E-state index contributed by atoms with van der Waals surface area (Å²) in [6, 6.07) is 10.9. The molecule has 1 fully saturated rings. The van der Waals surface area contributed by atoms with E-state index in [1.807, 2.05) is 54.4 Å². The Morgan fingerprint density at radius 2 is 2.03 bits per heavy atom. The average molecular weight is 448 g/mol. The number of aryl methyl sites for hydroxylation is 1. The zero-order valence-electron chi connectivity index (χ0n) is 19.5. The van der Waals surface area contributed by atoms with Crippen molar-refractivity contribution in [2.24, 2.45) is 7.05 Å². The van der Waals surface area contributed by atoms with Crippen LogP contribution in [-0.4, -0.2) is 59.6 Å². The molecule has 0 radical (unpaired) electrons. The SMILES string of the molecule is COc1cccc(-c2cnc(N(C)C)nc2C2CCCN(C(=O)c3ccc(=O)n(C)c3)C2)c1. The predicted molar refractivity (Wildman–Crippen MR) is 128 cm³/mol. The van der Waals surface area contributed by atoms with E-state index in [2.05, 4.69) is 4.98 Å². The quantitative estimate of drug-likeness (QED) is 0.598. The number of benzene rings is 1. The molecule has 0 N–H and O–H groups in total. The van der Waals surface area contributed by atoms with E-state index in [9.17, 15) is 9.59 Å². The van der Waals surface area contributed by atoms with Gasteiger partial charge in [0.25, 0.3) is 5.91 Å². The number of nitrogens with zero attached hydrogens (tertiary/aromatic N) is 5. The van der Waals surface area contributed by atoms with Crippen LogP contribution in [0.15, 0.2) is 53.6 Å². The standard InChI is InChI=1S/C25H29N5O3/c1-28(2)25-26-14-21(17-7-5-9-20(13-17)33-4)23(27-25)18-8-6-12-30(16-18)24(32)19-10-11-22(31)29(3)15-19/h5,7,9-11,13-15,18H,6,8,12,16H2,1-4H3. The highest BCUT2D eigenvalue weighted by molar-refractivity contribution is 5.94. The van der Waals surface area contributed by atoms with E-state index in [0.29, 0.717) is 24.6 Å². The Bertz CT molecular complexity index is 1220. The molecule has 0 aliphatic carbocycles. The molecule has 33 heavy (non-hydrogen) atoms. The van der Waals surface area contributed by atoms with Crippen molar-refractivity contribution < 1.29 is 9.53 Å². The second kappa shape index (κ2) is 9.44. The third-order valence-electron chi connectivity index (χ3n) is 6.01. The highest BCUT2D eigenvalue weighted by atomic mass is 16.5. The molecular weight excluding hydrogens is 418 g/mol. The monoisotopic (exact) mass is 447 g/mol. The van der Waals surface area contributed by atoms with Crippen molar-refractivity contribution in [1.29, 1.82) is 0 Å². The van der Waals surface area contributed by atoms with Gasteiger partial charge >= 0.3 is 0 Å². The number of carbonyl (C=O) groups is 1. The molecular formula is C25H29N5O3. The number of hydrogen-bond acceptors (Lipinski definition) is 6. The molecule has 8 nitrogen and oxygen atoms in total. The summed E-state index contributed by atoms with van der Waals surface area (Å²) in [4.78, 5) is 38.1. The van der Waals surface area contributed by atoms with E-state index in [4.69, 9.17) is 9.72 Å². The zero-order chi connectivity index (χ0) is 23.5. The molecule has 1 aliphatic rings. The van der Waals surface area contributed by atoms with Crippen LogP contribution in [0.1, 0.15) is 34.8 Å². The number of piperidine rings is 1. The average Bonchev–Trinajstić information content (AvgIpc) is 2.85. The molecule has 3 heterocycles. The van der Waals surface area contributed by atoms with Crippen LogP contribution in [0.5, 0.6) is 5.75 Å². The Morgan fingerprint density at radius 1 is 1.21 bits per heavy atom. The van der Waals surface area contributed by atoms with Crippen LogP contribution in [0.25, 0.3) is 11.1 Å². The van der Waals surface area contributed by atoms with E-state index < -0.39 is 0 Å². The molecule has 2 aromatic heterocycles. The third kappa shape index (κ3) is 4.74. The first-order chi connectivity index (χ1) is 15.9. The fourth-order valence-corrected chi connectivity index (χ4v) is 4.21. The van der Waals surface area contributed by atoms with Gasteiger partial charge < -0.3 is 19.1 Å². The summed E-state index contributed by atoms with van der Waals surface area (Å²) >= 11 is 0. The number of anilines is 1. The summed E-state index contributed by atoms with van der Waals surface area (Å²) in [6.45, 7) is 1.24. The Labute approximate surface area is 193 Å². The van der Waals surface area contributed by atoms with Gasteiger partial charge in [0, 0.05) is 64.2 Å². The minimum Gasteiger partial charge on any atom is -0.497 e. The van der Waals surface area contributed by atoms with Gasteiger partial charge in [0.15, 0.2) is 0 Å². The summed E-state index contributed by atoms with van der Waals surface area (Å²) in [5, 5.41) is 0. The molecule has 4 rings (SSSR count). The number of rotatable bonds is 5. The van der Waals surface area contributed by atoms with Gasteiger partial charge in [0.1, 0.15) is 5.75 Å². The minimum atomic E-state index is -0.136. The first-order valence-corrected chi connectivity index (χ1v) is 11.0. The fraction of sp³-hybridized carbons (Fsp3) is 0.360. The Hall–Kier alpha value is -3.68. The maximum Gasteiger partial charge on any atom is 0.255 e. The zero-order valence-corrected chi connectivity index (χ0v) is 19.5. The smallest absolute Gasteiger partial charge is 0.255 e. The summed E-state index contributed by atoms with van der Waals surface area (Å²) in [5.74, 6) is 1.40. The number of aromatic nitrogens is 3. The van der Waals surface area contributed by atoms with E-state index in [1.54, 1.807) is 26.4 Å². The lowest BCUT2D eigenvalue weighted by Crippen LogP contribution is -2.40. The van der Waals surface area contributed by atoms with Crippen molar-refractivity contribution in [3.63, 3.8) is 0 Å².